The molecule has 4 atom stereocenters. The van der Waals surface area contributed by atoms with Crippen molar-refractivity contribution in [3.05, 3.63) is 59.7 Å². The number of nitrogens with zero attached hydrogens (tertiary/aromatic N) is 5. The van der Waals surface area contributed by atoms with Crippen LogP contribution in [-0.4, -0.2) is 49.3 Å². The molecule has 176 valence electrons. The Balaban J connectivity index is 1.20. The number of rotatable bonds is 2. The van der Waals surface area contributed by atoms with Gasteiger partial charge in [0, 0.05) is 37.2 Å². The van der Waals surface area contributed by atoms with Crippen LogP contribution in [-0.2, 0) is 9.53 Å². The molecule has 4 fully saturated rings. The highest BCUT2D eigenvalue weighted by Gasteiger charge is 2.62. The SMILES string of the molecule is O=C1N2[C@@H](CC[C@H]2c2cc(F)cc(F)c2)OC12CC1CCC(C2)N1c1ccnc2c(F)cnn12. The second-order valence-corrected chi connectivity index (χ2v) is 9.81. The third-order valence-electron chi connectivity index (χ3n) is 7.94. The molecular weight excluding hydrogens is 447 g/mol. The topological polar surface area (TPSA) is 63.0 Å². The number of hydrogen-bond donors (Lipinski definition) is 0. The number of aromatic nitrogens is 3. The van der Waals surface area contributed by atoms with E-state index in [9.17, 15) is 18.0 Å². The predicted molar refractivity (Wildman–Crippen MR) is 114 cm³/mol. The third-order valence-corrected chi connectivity index (χ3v) is 7.94. The molecule has 1 aromatic carbocycles. The number of carbonyl (C=O) groups is 1. The van der Waals surface area contributed by atoms with E-state index in [1.54, 1.807) is 11.1 Å². The van der Waals surface area contributed by atoms with Crippen molar-refractivity contribution in [2.45, 2.75) is 68.5 Å². The lowest BCUT2D eigenvalue weighted by Crippen LogP contribution is -2.55. The van der Waals surface area contributed by atoms with Crippen LogP contribution in [0.15, 0.2) is 36.7 Å². The highest BCUT2D eigenvalue weighted by molar-refractivity contribution is 5.88. The Morgan fingerprint density at radius 1 is 0.971 bits per heavy atom. The molecule has 1 amide bonds. The fourth-order valence-corrected chi connectivity index (χ4v) is 6.71. The molecule has 0 radical (unpaired) electrons. The molecule has 10 heteroatoms. The second-order valence-electron chi connectivity index (χ2n) is 9.81. The summed E-state index contributed by atoms with van der Waals surface area (Å²) in [7, 11) is 0. The fraction of sp³-hybridized carbons (Fsp3) is 0.458. The summed E-state index contributed by atoms with van der Waals surface area (Å²) in [5.74, 6) is -1.10. The van der Waals surface area contributed by atoms with E-state index in [1.165, 1.54) is 16.6 Å². The standard InChI is InChI=1S/C24H22F3N5O2/c25-14-7-13(8-15(26)9-14)19-3-4-21-31(19)23(33)24(34-21)10-16-1-2-17(11-24)30(16)20-5-6-28-22-18(27)12-29-32(20)22/h5-9,12,16-17,19,21H,1-4,10-11H2/t16?,17?,19-,21+,24?/m0/s1. The van der Waals surface area contributed by atoms with E-state index in [1.807, 2.05) is 6.07 Å². The zero-order chi connectivity index (χ0) is 23.2. The maximum Gasteiger partial charge on any atom is 0.257 e. The number of hydrogen-bond acceptors (Lipinski definition) is 5. The lowest BCUT2D eigenvalue weighted by atomic mass is 9.84. The minimum absolute atomic E-state index is 0.0330. The molecule has 4 aliphatic heterocycles. The van der Waals surface area contributed by atoms with E-state index < -0.39 is 29.1 Å². The third kappa shape index (κ3) is 2.71. The quantitative estimate of drug-likeness (QED) is 0.572. The van der Waals surface area contributed by atoms with Gasteiger partial charge in [0.15, 0.2) is 17.1 Å². The smallest absolute Gasteiger partial charge is 0.257 e. The minimum Gasteiger partial charge on any atom is -0.350 e. The predicted octanol–water partition coefficient (Wildman–Crippen LogP) is 3.74. The number of anilines is 1. The molecule has 0 N–H and O–H groups in total. The van der Waals surface area contributed by atoms with E-state index in [0.29, 0.717) is 31.2 Å². The average Bonchev–Trinajstić information content (AvgIpc) is 3.52. The van der Waals surface area contributed by atoms with Gasteiger partial charge in [-0.2, -0.15) is 9.61 Å². The molecular formula is C24H22F3N5O2. The van der Waals surface area contributed by atoms with E-state index in [2.05, 4.69) is 15.0 Å². The van der Waals surface area contributed by atoms with Crippen LogP contribution in [0, 0.1) is 17.5 Å². The lowest BCUT2D eigenvalue weighted by molar-refractivity contribution is -0.141. The van der Waals surface area contributed by atoms with Gasteiger partial charge in [0.25, 0.3) is 5.91 Å². The number of piperidine rings is 1. The van der Waals surface area contributed by atoms with E-state index in [-0.39, 0.29) is 29.9 Å². The Labute approximate surface area is 193 Å². The summed E-state index contributed by atoms with van der Waals surface area (Å²) in [6.45, 7) is 0. The van der Waals surface area contributed by atoms with Gasteiger partial charge in [-0.05, 0) is 49.4 Å². The number of fused-ring (bicyclic) bond motifs is 4. The molecule has 4 saturated heterocycles. The lowest BCUT2D eigenvalue weighted by Gasteiger charge is -2.44. The van der Waals surface area contributed by atoms with Gasteiger partial charge in [-0.25, -0.2) is 18.2 Å². The minimum atomic E-state index is -0.945. The summed E-state index contributed by atoms with van der Waals surface area (Å²) in [5.41, 5.74) is -0.301. The van der Waals surface area contributed by atoms with Crippen molar-refractivity contribution in [2.24, 2.45) is 0 Å². The van der Waals surface area contributed by atoms with Crippen LogP contribution in [0.1, 0.15) is 50.1 Å². The van der Waals surface area contributed by atoms with Crippen LogP contribution < -0.4 is 4.90 Å². The number of halogens is 3. The molecule has 6 heterocycles. The van der Waals surface area contributed by atoms with Gasteiger partial charge in [0.1, 0.15) is 23.7 Å². The molecule has 2 aromatic heterocycles. The molecule has 34 heavy (non-hydrogen) atoms. The molecule has 0 aliphatic carbocycles. The normalized spacial score (nSPS) is 32.4. The average molecular weight is 469 g/mol. The highest BCUT2D eigenvalue weighted by atomic mass is 19.1. The summed E-state index contributed by atoms with van der Waals surface area (Å²) in [4.78, 5) is 21.8. The largest absolute Gasteiger partial charge is 0.350 e. The van der Waals surface area contributed by atoms with Gasteiger partial charge in [0.05, 0.1) is 12.2 Å². The molecule has 2 unspecified atom stereocenters. The number of benzene rings is 1. The van der Waals surface area contributed by atoms with Crippen LogP contribution in [0.5, 0.6) is 0 Å². The van der Waals surface area contributed by atoms with Crippen LogP contribution in [0.2, 0.25) is 0 Å². The monoisotopic (exact) mass is 469 g/mol. The Hall–Kier alpha value is -3.14. The van der Waals surface area contributed by atoms with Gasteiger partial charge >= 0.3 is 0 Å². The molecule has 7 nitrogen and oxygen atoms in total. The van der Waals surface area contributed by atoms with E-state index in [0.717, 1.165) is 30.9 Å². The summed E-state index contributed by atoms with van der Waals surface area (Å²) < 4.78 is 49.8. The molecule has 1 spiro atoms. The maximum atomic E-state index is 14.1. The Morgan fingerprint density at radius 3 is 2.44 bits per heavy atom. The number of ether oxygens (including phenoxy) is 1. The number of amides is 1. The first-order valence-corrected chi connectivity index (χ1v) is 11.7. The van der Waals surface area contributed by atoms with Gasteiger partial charge in [-0.15, -0.1) is 0 Å². The van der Waals surface area contributed by atoms with E-state index in [4.69, 9.17) is 4.74 Å². The summed E-state index contributed by atoms with van der Waals surface area (Å²) in [5, 5.41) is 4.17. The van der Waals surface area contributed by atoms with Gasteiger partial charge in [-0.1, -0.05) is 0 Å². The summed E-state index contributed by atoms with van der Waals surface area (Å²) in [6.07, 6.45) is 6.38. The van der Waals surface area contributed by atoms with Crippen molar-refractivity contribution in [1.29, 1.82) is 0 Å². The Morgan fingerprint density at radius 2 is 1.71 bits per heavy atom. The van der Waals surface area contributed by atoms with Crippen LogP contribution in [0.25, 0.3) is 5.65 Å². The maximum absolute atomic E-state index is 14.1. The van der Waals surface area contributed by atoms with Crippen molar-refractivity contribution in [2.75, 3.05) is 4.90 Å². The van der Waals surface area contributed by atoms with Crippen LogP contribution in [0.3, 0.4) is 0 Å². The van der Waals surface area contributed by atoms with Gasteiger partial charge < -0.3 is 14.5 Å². The fourth-order valence-electron chi connectivity index (χ4n) is 6.71. The van der Waals surface area contributed by atoms with Crippen molar-refractivity contribution in [3.8, 4) is 0 Å². The van der Waals surface area contributed by atoms with Crippen molar-refractivity contribution < 1.29 is 22.7 Å². The zero-order valence-corrected chi connectivity index (χ0v) is 18.2. The Bertz CT molecular complexity index is 1290. The number of carbonyl (C=O) groups excluding carboxylic acids is 1. The first-order chi connectivity index (χ1) is 16.4. The second kappa shape index (κ2) is 6.94. The Kier molecular flexibility index (Phi) is 4.13. The highest BCUT2D eigenvalue weighted by Crippen LogP contribution is 2.53. The van der Waals surface area contributed by atoms with Crippen molar-refractivity contribution >= 4 is 17.4 Å². The molecule has 0 saturated carbocycles. The molecule has 7 rings (SSSR count). The van der Waals surface area contributed by atoms with E-state index >= 15 is 0 Å². The van der Waals surface area contributed by atoms with Crippen molar-refractivity contribution in [3.63, 3.8) is 0 Å². The van der Waals surface area contributed by atoms with Crippen molar-refractivity contribution in [1.82, 2.24) is 19.5 Å². The van der Waals surface area contributed by atoms with Gasteiger partial charge in [-0.3, -0.25) is 4.79 Å². The van der Waals surface area contributed by atoms with Crippen LogP contribution in [0.4, 0.5) is 19.0 Å². The molecule has 4 aliphatic rings. The first-order valence-electron chi connectivity index (χ1n) is 11.7. The van der Waals surface area contributed by atoms with Crippen LogP contribution >= 0.6 is 0 Å². The zero-order valence-electron chi connectivity index (χ0n) is 18.2. The summed E-state index contributed by atoms with van der Waals surface area (Å²) >= 11 is 0. The summed E-state index contributed by atoms with van der Waals surface area (Å²) in [6, 6.07) is 4.94. The first kappa shape index (κ1) is 20.3. The van der Waals surface area contributed by atoms with Gasteiger partial charge in [0.2, 0.25) is 0 Å². The molecule has 3 aromatic rings. The molecule has 2 bridgehead atoms.